The molecule has 0 aliphatic carbocycles. The third-order valence-corrected chi connectivity index (χ3v) is 4.88. The van der Waals surface area contributed by atoms with Crippen LogP contribution < -0.4 is 10.1 Å². The molecule has 1 N–H and O–H groups in total. The number of benzene rings is 1. The molecule has 1 aliphatic rings. The quantitative estimate of drug-likeness (QED) is 0.587. The van der Waals surface area contributed by atoms with Crippen molar-refractivity contribution in [2.75, 3.05) is 26.8 Å². The summed E-state index contributed by atoms with van der Waals surface area (Å²) in [5.74, 6) is -0.101. The Hall–Kier alpha value is -1.67. The van der Waals surface area contributed by atoms with E-state index in [0.717, 1.165) is 4.47 Å². The summed E-state index contributed by atoms with van der Waals surface area (Å²) in [7, 11) is 1.51. The summed E-state index contributed by atoms with van der Waals surface area (Å²) < 4.78 is 11.1. The van der Waals surface area contributed by atoms with E-state index in [-0.39, 0.29) is 17.8 Å². The first-order valence-corrected chi connectivity index (χ1v) is 9.26. The Morgan fingerprint density at radius 2 is 2.04 bits per heavy atom. The lowest BCUT2D eigenvalue weighted by Crippen LogP contribution is -2.47. The van der Waals surface area contributed by atoms with E-state index in [1.165, 1.54) is 7.11 Å². The van der Waals surface area contributed by atoms with Crippen molar-refractivity contribution in [1.29, 1.82) is 0 Å². The molecule has 0 radical (unpaired) electrons. The molecular formula is C17H21BrN2O4S. The van der Waals surface area contributed by atoms with Crippen LogP contribution in [0.2, 0.25) is 0 Å². The van der Waals surface area contributed by atoms with Crippen molar-refractivity contribution in [2.24, 2.45) is 5.92 Å². The summed E-state index contributed by atoms with van der Waals surface area (Å²) >= 11 is 8.69. The van der Waals surface area contributed by atoms with E-state index in [2.05, 4.69) is 21.2 Å². The van der Waals surface area contributed by atoms with Crippen LogP contribution in [0.1, 0.15) is 30.1 Å². The lowest BCUT2D eigenvalue weighted by atomic mass is 9.97. The van der Waals surface area contributed by atoms with Crippen LogP contribution >= 0.6 is 28.1 Å². The van der Waals surface area contributed by atoms with Gasteiger partial charge in [-0.3, -0.25) is 14.9 Å². The first-order chi connectivity index (χ1) is 12.0. The predicted octanol–water partition coefficient (Wildman–Crippen LogP) is 2.75. The van der Waals surface area contributed by atoms with E-state index in [0.29, 0.717) is 49.0 Å². The Balaban J connectivity index is 1.94. The number of hydrogen-bond acceptors (Lipinski definition) is 5. The third-order valence-electron chi connectivity index (χ3n) is 4.03. The fourth-order valence-corrected chi connectivity index (χ4v) is 3.32. The molecule has 1 saturated heterocycles. The van der Waals surface area contributed by atoms with Crippen molar-refractivity contribution in [3.8, 4) is 5.75 Å². The molecule has 0 atom stereocenters. The van der Waals surface area contributed by atoms with Gasteiger partial charge < -0.3 is 14.4 Å². The second kappa shape index (κ2) is 9.15. The molecule has 0 bridgehead atoms. The number of methoxy groups -OCH3 is 1. The molecule has 0 saturated carbocycles. The average molecular weight is 429 g/mol. The zero-order chi connectivity index (χ0) is 18.4. The van der Waals surface area contributed by atoms with Crippen LogP contribution in [-0.2, 0) is 9.53 Å². The summed E-state index contributed by atoms with van der Waals surface area (Å²) in [5.41, 5.74) is 0.403. The topological polar surface area (TPSA) is 67.9 Å². The van der Waals surface area contributed by atoms with Gasteiger partial charge in [-0.15, -0.1) is 0 Å². The maximum absolute atomic E-state index is 12.5. The van der Waals surface area contributed by atoms with Gasteiger partial charge in [-0.05, 0) is 50.2 Å². The van der Waals surface area contributed by atoms with Gasteiger partial charge in [0.05, 0.1) is 25.2 Å². The molecule has 136 valence electrons. The Morgan fingerprint density at radius 1 is 1.36 bits per heavy atom. The van der Waals surface area contributed by atoms with Crippen molar-refractivity contribution in [1.82, 2.24) is 10.2 Å². The minimum absolute atomic E-state index is 0.0973. The summed E-state index contributed by atoms with van der Waals surface area (Å²) in [6.45, 7) is 3.41. The van der Waals surface area contributed by atoms with Crippen LogP contribution in [0.15, 0.2) is 22.7 Å². The molecule has 0 unspecified atom stereocenters. The molecule has 1 aromatic carbocycles. The van der Waals surface area contributed by atoms with E-state index in [9.17, 15) is 9.59 Å². The molecular weight excluding hydrogens is 408 g/mol. The van der Waals surface area contributed by atoms with Crippen LogP contribution in [0.25, 0.3) is 0 Å². The SMILES string of the molecule is CCOC(=O)C1CCN(C(=S)NC(=O)c2cc(Br)ccc2OC)CC1. The van der Waals surface area contributed by atoms with Crippen molar-refractivity contribution < 1.29 is 19.1 Å². The van der Waals surface area contributed by atoms with Crippen molar-refractivity contribution in [2.45, 2.75) is 19.8 Å². The Morgan fingerprint density at radius 3 is 2.64 bits per heavy atom. The number of carbonyl (C=O) groups is 2. The Labute approximate surface area is 161 Å². The van der Waals surface area contributed by atoms with E-state index in [4.69, 9.17) is 21.7 Å². The second-order valence-corrected chi connectivity index (χ2v) is 6.92. The number of halogens is 1. The smallest absolute Gasteiger partial charge is 0.309 e. The second-order valence-electron chi connectivity index (χ2n) is 5.62. The van der Waals surface area contributed by atoms with Crippen LogP contribution in [0.5, 0.6) is 5.75 Å². The zero-order valence-electron chi connectivity index (χ0n) is 14.2. The average Bonchev–Trinajstić information content (AvgIpc) is 2.61. The molecule has 6 nitrogen and oxygen atoms in total. The van der Waals surface area contributed by atoms with Gasteiger partial charge in [0.25, 0.3) is 5.91 Å². The largest absolute Gasteiger partial charge is 0.496 e. The van der Waals surface area contributed by atoms with Crippen LogP contribution in [-0.4, -0.2) is 48.7 Å². The minimum atomic E-state index is -0.323. The standard InChI is InChI=1S/C17H21BrN2O4S/c1-3-24-16(22)11-6-8-20(9-7-11)17(25)19-15(21)13-10-12(18)4-5-14(13)23-2/h4-5,10-11H,3,6-9H2,1-2H3,(H,19,21,25). The molecule has 0 aromatic heterocycles. The molecule has 2 rings (SSSR count). The minimum Gasteiger partial charge on any atom is -0.496 e. The van der Waals surface area contributed by atoms with Crippen LogP contribution in [0.4, 0.5) is 0 Å². The number of esters is 1. The highest BCUT2D eigenvalue weighted by molar-refractivity contribution is 9.10. The van der Waals surface area contributed by atoms with E-state index >= 15 is 0 Å². The van der Waals surface area contributed by atoms with Gasteiger partial charge in [0.2, 0.25) is 0 Å². The summed E-state index contributed by atoms with van der Waals surface area (Å²) in [6, 6.07) is 5.20. The van der Waals surface area contributed by atoms with Gasteiger partial charge in [0.15, 0.2) is 5.11 Å². The number of rotatable bonds is 4. The number of carbonyl (C=O) groups excluding carboxylic acids is 2. The number of likely N-dealkylation sites (tertiary alicyclic amines) is 1. The fraction of sp³-hybridized carbons (Fsp3) is 0.471. The van der Waals surface area contributed by atoms with E-state index in [1.54, 1.807) is 25.1 Å². The van der Waals surface area contributed by atoms with E-state index in [1.807, 2.05) is 4.90 Å². The molecule has 1 aliphatic heterocycles. The normalized spacial score (nSPS) is 14.8. The summed E-state index contributed by atoms with van der Waals surface area (Å²) in [5, 5.41) is 3.09. The predicted molar refractivity (Wildman–Crippen MR) is 102 cm³/mol. The van der Waals surface area contributed by atoms with Gasteiger partial charge in [-0.1, -0.05) is 15.9 Å². The molecule has 0 spiro atoms. The molecule has 1 amide bonds. The summed E-state index contributed by atoms with van der Waals surface area (Å²) in [4.78, 5) is 26.2. The number of nitrogens with zero attached hydrogens (tertiary/aromatic N) is 1. The third kappa shape index (κ3) is 5.15. The molecule has 25 heavy (non-hydrogen) atoms. The lowest BCUT2D eigenvalue weighted by Gasteiger charge is -2.32. The highest BCUT2D eigenvalue weighted by Crippen LogP contribution is 2.23. The van der Waals surface area contributed by atoms with Gasteiger partial charge in [-0.2, -0.15) is 0 Å². The number of piperidine rings is 1. The van der Waals surface area contributed by atoms with Crippen molar-refractivity contribution >= 4 is 45.1 Å². The summed E-state index contributed by atoms with van der Waals surface area (Å²) in [6.07, 6.45) is 1.32. The highest BCUT2D eigenvalue weighted by atomic mass is 79.9. The Kier molecular flexibility index (Phi) is 7.19. The first kappa shape index (κ1) is 19.7. The molecule has 1 aromatic rings. The number of hydrogen-bond donors (Lipinski definition) is 1. The maximum atomic E-state index is 12.5. The number of nitrogens with one attached hydrogen (secondary N) is 1. The van der Waals surface area contributed by atoms with Gasteiger partial charge in [0.1, 0.15) is 5.75 Å². The van der Waals surface area contributed by atoms with Crippen molar-refractivity contribution in [3.05, 3.63) is 28.2 Å². The van der Waals surface area contributed by atoms with Crippen LogP contribution in [0.3, 0.4) is 0 Å². The van der Waals surface area contributed by atoms with E-state index < -0.39 is 0 Å². The highest BCUT2D eigenvalue weighted by Gasteiger charge is 2.27. The van der Waals surface area contributed by atoms with Gasteiger partial charge >= 0.3 is 5.97 Å². The number of thiocarbonyl (C=S) groups is 1. The van der Waals surface area contributed by atoms with Crippen LogP contribution in [0, 0.1) is 5.92 Å². The first-order valence-electron chi connectivity index (χ1n) is 8.06. The molecule has 1 heterocycles. The fourth-order valence-electron chi connectivity index (χ4n) is 2.68. The monoisotopic (exact) mass is 428 g/mol. The lowest BCUT2D eigenvalue weighted by molar-refractivity contribution is -0.149. The number of ether oxygens (including phenoxy) is 2. The maximum Gasteiger partial charge on any atom is 0.309 e. The number of amides is 1. The van der Waals surface area contributed by atoms with Gasteiger partial charge in [-0.25, -0.2) is 0 Å². The molecule has 8 heteroatoms. The van der Waals surface area contributed by atoms with Crippen molar-refractivity contribution in [3.63, 3.8) is 0 Å². The van der Waals surface area contributed by atoms with Gasteiger partial charge in [0, 0.05) is 17.6 Å². The zero-order valence-corrected chi connectivity index (χ0v) is 16.6. The Bertz CT molecular complexity index is 660. The molecule has 1 fully saturated rings.